The van der Waals surface area contributed by atoms with Gasteiger partial charge in [-0.15, -0.1) is 0 Å². The fraction of sp³-hybridized carbons (Fsp3) is 0.462. The van der Waals surface area contributed by atoms with Gasteiger partial charge in [0.05, 0.1) is 4.90 Å². The number of anilines is 1. The van der Waals surface area contributed by atoms with Crippen molar-refractivity contribution in [1.29, 1.82) is 0 Å². The summed E-state index contributed by atoms with van der Waals surface area (Å²) < 4.78 is 30.5. The summed E-state index contributed by atoms with van der Waals surface area (Å²) >= 11 is 0. The molecule has 20 heavy (non-hydrogen) atoms. The Hall–Kier alpha value is -1.44. The van der Waals surface area contributed by atoms with E-state index >= 15 is 0 Å². The number of hydrogen-bond donors (Lipinski definition) is 1. The van der Waals surface area contributed by atoms with E-state index in [1.807, 2.05) is 0 Å². The molecular weight excluding hydrogens is 280 g/mol. The van der Waals surface area contributed by atoms with Crippen molar-refractivity contribution in [1.82, 2.24) is 4.31 Å². The Kier molecular flexibility index (Phi) is 5.67. The molecule has 0 heterocycles. The van der Waals surface area contributed by atoms with E-state index in [4.69, 9.17) is 4.74 Å². The molecule has 1 aromatic rings. The van der Waals surface area contributed by atoms with Gasteiger partial charge in [0.15, 0.2) is 0 Å². The zero-order valence-corrected chi connectivity index (χ0v) is 12.9. The Bertz CT molecular complexity index is 552. The van der Waals surface area contributed by atoms with Gasteiger partial charge in [-0.05, 0) is 38.1 Å². The van der Waals surface area contributed by atoms with Crippen LogP contribution in [0.1, 0.15) is 13.8 Å². The number of sulfonamides is 1. The quantitative estimate of drug-likeness (QED) is 0.859. The predicted octanol–water partition coefficient (Wildman–Crippen LogP) is 1.30. The van der Waals surface area contributed by atoms with Gasteiger partial charge in [0.2, 0.25) is 15.9 Å². The minimum atomic E-state index is -3.50. The number of carbonyl (C=O) groups is 1. The van der Waals surface area contributed by atoms with Gasteiger partial charge >= 0.3 is 0 Å². The van der Waals surface area contributed by atoms with Gasteiger partial charge in [-0.25, -0.2) is 8.42 Å². The summed E-state index contributed by atoms with van der Waals surface area (Å²) in [6.45, 7) is 3.56. The van der Waals surface area contributed by atoms with Crippen LogP contribution in [-0.2, 0) is 19.6 Å². The standard InChI is InChI=1S/C13H20N2O4S/c1-10(2)15(3)20(17,18)12-7-5-11(6-8-12)14-13(16)9-19-4/h5-8,10H,9H2,1-4H3,(H,14,16). The van der Waals surface area contributed by atoms with Crippen molar-refractivity contribution in [3.8, 4) is 0 Å². The van der Waals surface area contributed by atoms with Gasteiger partial charge in [-0.3, -0.25) is 4.79 Å². The van der Waals surface area contributed by atoms with E-state index in [1.54, 1.807) is 26.0 Å². The molecule has 0 aliphatic rings. The van der Waals surface area contributed by atoms with Gasteiger partial charge < -0.3 is 10.1 Å². The van der Waals surface area contributed by atoms with Gasteiger partial charge in [0.1, 0.15) is 6.61 Å². The van der Waals surface area contributed by atoms with Crippen LogP contribution in [0.2, 0.25) is 0 Å². The molecule has 0 bridgehead atoms. The minimum absolute atomic E-state index is 0.0455. The number of ether oxygens (including phenoxy) is 1. The fourth-order valence-corrected chi connectivity index (χ4v) is 2.85. The minimum Gasteiger partial charge on any atom is -0.375 e. The lowest BCUT2D eigenvalue weighted by Crippen LogP contribution is -2.33. The van der Waals surface area contributed by atoms with Crippen LogP contribution in [0.25, 0.3) is 0 Å². The summed E-state index contributed by atoms with van der Waals surface area (Å²) in [7, 11) is -0.534. The number of nitrogens with one attached hydrogen (secondary N) is 1. The highest BCUT2D eigenvalue weighted by atomic mass is 32.2. The summed E-state index contributed by atoms with van der Waals surface area (Å²) in [4.78, 5) is 11.5. The summed E-state index contributed by atoms with van der Waals surface area (Å²) in [5.74, 6) is -0.289. The van der Waals surface area contributed by atoms with E-state index in [0.717, 1.165) is 0 Å². The molecule has 112 valence electrons. The number of benzene rings is 1. The zero-order valence-electron chi connectivity index (χ0n) is 12.1. The normalized spacial score (nSPS) is 11.9. The van der Waals surface area contributed by atoms with Crippen molar-refractivity contribution < 1.29 is 17.9 Å². The first-order chi connectivity index (χ1) is 9.28. The molecule has 0 aliphatic carbocycles. The largest absolute Gasteiger partial charge is 0.375 e. The van der Waals surface area contributed by atoms with Crippen LogP contribution in [0.3, 0.4) is 0 Å². The summed E-state index contributed by atoms with van der Waals surface area (Å²) in [5, 5.41) is 2.60. The van der Waals surface area contributed by atoms with Gasteiger partial charge in [0.25, 0.3) is 0 Å². The third kappa shape index (κ3) is 4.03. The highest BCUT2D eigenvalue weighted by Crippen LogP contribution is 2.18. The third-order valence-corrected chi connectivity index (χ3v) is 4.87. The van der Waals surface area contributed by atoms with Crippen molar-refractivity contribution in [3.63, 3.8) is 0 Å². The van der Waals surface area contributed by atoms with Crippen LogP contribution in [0.5, 0.6) is 0 Å². The van der Waals surface area contributed by atoms with Crippen LogP contribution in [0.15, 0.2) is 29.2 Å². The molecule has 0 aliphatic heterocycles. The van der Waals surface area contributed by atoms with Crippen LogP contribution in [0.4, 0.5) is 5.69 Å². The fourth-order valence-electron chi connectivity index (χ4n) is 1.48. The average molecular weight is 300 g/mol. The molecule has 7 heteroatoms. The Morgan fingerprint density at radius 1 is 1.30 bits per heavy atom. The number of nitrogens with zero attached hydrogens (tertiary/aromatic N) is 1. The van der Waals surface area contributed by atoms with Gasteiger partial charge in [-0.1, -0.05) is 0 Å². The number of carbonyl (C=O) groups excluding carboxylic acids is 1. The molecule has 0 radical (unpaired) electrons. The topological polar surface area (TPSA) is 75.7 Å². The Morgan fingerprint density at radius 3 is 2.30 bits per heavy atom. The van der Waals surface area contributed by atoms with E-state index in [0.29, 0.717) is 5.69 Å². The molecule has 0 fully saturated rings. The first kappa shape index (κ1) is 16.6. The van der Waals surface area contributed by atoms with Crippen molar-refractivity contribution in [2.45, 2.75) is 24.8 Å². The smallest absolute Gasteiger partial charge is 0.250 e. The lowest BCUT2D eigenvalue weighted by atomic mass is 10.3. The van der Waals surface area contributed by atoms with Gasteiger partial charge in [0, 0.05) is 25.9 Å². The molecule has 0 aromatic heterocycles. The van der Waals surface area contributed by atoms with Crippen molar-refractivity contribution in [2.24, 2.45) is 0 Å². The zero-order chi connectivity index (χ0) is 15.3. The van der Waals surface area contributed by atoms with Crippen molar-refractivity contribution >= 4 is 21.6 Å². The maximum absolute atomic E-state index is 12.2. The Balaban J connectivity index is 2.89. The van der Waals surface area contributed by atoms with Crippen LogP contribution in [0, 0.1) is 0 Å². The van der Waals surface area contributed by atoms with Crippen molar-refractivity contribution in [2.75, 3.05) is 26.1 Å². The van der Waals surface area contributed by atoms with Crippen LogP contribution >= 0.6 is 0 Å². The van der Waals surface area contributed by atoms with E-state index in [1.165, 1.54) is 30.6 Å². The number of rotatable bonds is 6. The highest BCUT2D eigenvalue weighted by Gasteiger charge is 2.22. The lowest BCUT2D eigenvalue weighted by molar-refractivity contribution is -0.119. The van der Waals surface area contributed by atoms with Crippen LogP contribution < -0.4 is 5.32 Å². The molecule has 6 nitrogen and oxygen atoms in total. The van der Waals surface area contributed by atoms with E-state index in [9.17, 15) is 13.2 Å². The SMILES string of the molecule is COCC(=O)Nc1ccc(S(=O)(=O)N(C)C(C)C)cc1. The Morgan fingerprint density at radius 2 is 1.85 bits per heavy atom. The molecule has 0 saturated heterocycles. The lowest BCUT2D eigenvalue weighted by Gasteiger charge is -2.21. The molecule has 1 amide bonds. The van der Waals surface area contributed by atoms with E-state index in [2.05, 4.69) is 5.32 Å². The molecule has 0 atom stereocenters. The van der Waals surface area contributed by atoms with E-state index in [-0.39, 0.29) is 23.5 Å². The average Bonchev–Trinajstić information content (AvgIpc) is 2.38. The molecule has 1 rings (SSSR count). The molecule has 1 aromatic carbocycles. The second-order valence-electron chi connectivity index (χ2n) is 4.62. The molecule has 1 N–H and O–H groups in total. The third-order valence-electron chi connectivity index (χ3n) is 2.82. The summed E-state index contributed by atoms with van der Waals surface area (Å²) in [6.07, 6.45) is 0. The van der Waals surface area contributed by atoms with Gasteiger partial charge in [-0.2, -0.15) is 4.31 Å². The molecule has 0 unspecified atom stereocenters. The summed E-state index contributed by atoms with van der Waals surface area (Å²) in [6, 6.07) is 5.91. The first-order valence-electron chi connectivity index (χ1n) is 6.16. The maximum atomic E-state index is 12.2. The second kappa shape index (κ2) is 6.83. The first-order valence-corrected chi connectivity index (χ1v) is 7.60. The monoisotopic (exact) mass is 300 g/mol. The Labute approximate surface area is 119 Å². The molecule has 0 spiro atoms. The summed E-state index contributed by atoms with van der Waals surface area (Å²) in [5.41, 5.74) is 0.526. The van der Waals surface area contributed by atoms with Crippen molar-refractivity contribution in [3.05, 3.63) is 24.3 Å². The maximum Gasteiger partial charge on any atom is 0.250 e. The number of hydrogen-bond acceptors (Lipinski definition) is 4. The number of amides is 1. The van der Waals surface area contributed by atoms with E-state index < -0.39 is 10.0 Å². The number of methoxy groups -OCH3 is 1. The molecular formula is C13H20N2O4S. The predicted molar refractivity (Wildman–Crippen MR) is 77.0 cm³/mol. The van der Waals surface area contributed by atoms with Crippen LogP contribution in [-0.4, -0.2) is 45.4 Å². The second-order valence-corrected chi connectivity index (χ2v) is 6.62. The highest BCUT2D eigenvalue weighted by molar-refractivity contribution is 7.89. The molecule has 0 saturated carbocycles.